The van der Waals surface area contributed by atoms with Crippen LogP contribution in [0, 0.1) is 0 Å². The van der Waals surface area contributed by atoms with Crippen molar-refractivity contribution in [2.45, 2.75) is 95.8 Å². The van der Waals surface area contributed by atoms with Gasteiger partial charge in [-0.2, -0.15) is 0 Å². The van der Waals surface area contributed by atoms with Gasteiger partial charge in [-0.1, -0.05) is 51.1 Å². The van der Waals surface area contributed by atoms with Gasteiger partial charge in [0.15, 0.2) is 8.32 Å². The lowest BCUT2D eigenvalue weighted by molar-refractivity contribution is -0.179. The highest BCUT2D eigenvalue weighted by Crippen LogP contribution is 2.40. The van der Waals surface area contributed by atoms with Gasteiger partial charge in [0.2, 0.25) is 0 Å². The molecular weight excluding hydrogens is 356 g/mol. The van der Waals surface area contributed by atoms with Crippen molar-refractivity contribution in [2.75, 3.05) is 6.61 Å². The molecule has 152 valence electrons. The lowest BCUT2D eigenvalue weighted by Gasteiger charge is -2.46. The molecule has 2 fully saturated rings. The fourth-order valence-electron chi connectivity index (χ4n) is 3.35. The molecule has 1 aromatic rings. The Labute approximate surface area is 165 Å². The van der Waals surface area contributed by atoms with Crippen molar-refractivity contribution in [1.29, 1.82) is 0 Å². The van der Waals surface area contributed by atoms with E-state index in [-0.39, 0.29) is 29.5 Å². The van der Waals surface area contributed by atoms with Crippen LogP contribution >= 0.6 is 0 Å². The molecule has 5 heteroatoms. The first-order chi connectivity index (χ1) is 12.7. The molecule has 0 amide bonds. The van der Waals surface area contributed by atoms with E-state index in [1.165, 1.54) is 5.56 Å². The molecule has 0 bridgehead atoms. The first kappa shape index (κ1) is 21.0. The third-order valence-corrected chi connectivity index (χ3v) is 10.8. The summed E-state index contributed by atoms with van der Waals surface area (Å²) < 4.78 is 24.9. The van der Waals surface area contributed by atoms with Crippen molar-refractivity contribution in [3.8, 4) is 0 Å². The van der Waals surface area contributed by atoms with E-state index in [2.05, 4.69) is 65.1 Å². The minimum atomic E-state index is -1.88. The summed E-state index contributed by atoms with van der Waals surface area (Å²) in [7, 11) is -1.88. The van der Waals surface area contributed by atoms with Crippen molar-refractivity contribution >= 4 is 8.32 Å². The lowest BCUT2D eigenvalue weighted by Crippen LogP contribution is -2.54. The second-order valence-electron chi connectivity index (χ2n) is 9.56. The predicted molar refractivity (Wildman–Crippen MR) is 110 cm³/mol. The lowest BCUT2D eigenvalue weighted by atomic mass is 9.96. The average Bonchev–Trinajstić information content (AvgIpc) is 3.40. The Hall–Kier alpha value is -0.723. The van der Waals surface area contributed by atoms with E-state index in [0.29, 0.717) is 12.7 Å². The van der Waals surface area contributed by atoms with Crippen LogP contribution in [0.3, 0.4) is 0 Å². The van der Waals surface area contributed by atoms with Gasteiger partial charge in [-0.15, -0.1) is 0 Å². The van der Waals surface area contributed by atoms with E-state index in [9.17, 15) is 0 Å². The van der Waals surface area contributed by atoms with Gasteiger partial charge in [-0.3, -0.25) is 0 Å². The summed E-state index contributed by atoms with van der Waals surface area (Å²) in [6.07, 6.45) is 2.44. The van der Waals surface area contributed by atoms with Crippen LogP contribution in [0.15, 0.2) is 30.3 Å². The minimum Gasteiger partial charge on any atom is -0.411 e. The Morgan fingerprint density at radius 2 is 1.78 bits per heavy atom. The molecule has 0 saturated carbocycles. The maximum Gasteiger partial charge on any atom is 0.192 e. The van der Waals surface area contributed by atoms with Crippen LogP contribution in [0.4, 0.5) is 0 Å². The molecule has 2 aliphatic rings. The largest absolute Gasteiger partial charge is 0.411 e. The summed E-state index contributed by atoms with van der Waals surface area (Å²) in [6, 6.07) is 10.3. The van der Waals surface area contributed by atoms with Crippen LogP contribution in [0.1, 0.15) is 46.1 Å². The van der Waals surface area contributed by atoms with Gasteiger partial charge in [0, 0.05) is 12.8 Å². The van der Waals surface area contributed by atoms with Crippen LogP contribution in [0.5, 0.6) is 0 Å². The van der Waals surface area contributed by atoms with Gasteiger partial charge in [-0.25, -0.2) is 0 Å². The van der Waals surface area contributed by atoms with Crippen molar-refractivity contribution in [2.24, 2.45) is 0 Å². The van der Waals surface area contributed by atoms with E-state index in [1.807, 2.05) is 6.07 Å². The van der Waals surface area contributed by atoms with Crippen LogP contribution in [0.25, 0.3) is 0 Å². The van der Waals surface area contributed by atoms with Crippen molar-refractivity contribution < 1.29 is 18.6 Å². The smallest absolute Gasteiger partial charge is 0.192 e. The average molecular weight is 393 g/mol. The highest BCUT2D eigenvalue weighted by molar-refractivity contribution is 6.74. The normalized spacial score (nSPS) is 31.7. The van der Waals surface area contributed by atoms with Crippen LogP contribution in [-0.4, -0.2) is 45.4 Å². The van der Waals surface area contributed by atoms with E-state index in [4.69, 9.17) is 18.6 Å². The standard InChI is InChI=1S/C22H36O4Si/c1-16-19(24-14-17-10-8-7-9-11-17)13-21(20(25-16)12-18-15-23-18)26-27(5,6)22(2,3)4/h7-11,16,18-21H,12-15H2,1-6H3/t16-,18-,19+,20+,21-/m1/s1. The number of benzene rings is 1. The Morgan fingerprint density at radius 1 is 1.11 bits per heavy atom. The van der Waals surface area contributed by atoms with Gasteiger partial charge in [0.1, 0.15) is 0 Å². The van der Waals surface area contributed by atoms with Crippen LogP contribution < -0.4 is 0 Å². The number of hydrogen-bond acceptors (Lipinski definition) is 4. The van der Waals surface area contributed by atoms with E-state index in [0.717, 1.165) is 19.4 Å². The third kappa shape index (κ3) is 5.64. The summed E-state index contributed by atoms with van der Waals surface area (Å²) >= 11 is 0. The third-order valence-electron chi connectivity index (χ3n) is 6.25. The molecule has 27 heavy (non-hydrogen) atoms. The monoisotopic (exact) mass is 392 g/mol. The summed E-state index contributed by atoms with van der Waals surface area (Å²) in [6.45, 7) is 15.1. The maximum atomic E-state index is 6.79. The molecule has 3 rings (SSSR count). The van der Waals surface area contributed by atoms with Crippen molar-refractivity contribution in [3.63, 3.8) is 0 Å². The molecule has 0 spiro atoms. The molecule has 1 aromatic carbocycles. The predicted octanol–water partition coefficient (Wildman–Crippen LogP) is 4.93. The van der Waals surface area contributed by atoms with Crippen molar-refractivity contribution in [1.82, 2.24) is 0 Å². The summed E-state index contributed by atoms with van der Waals surface area (Å²) in [5.74, 6) is 0. The number of epoxide rings is 1. The Balaban J connectivity index is 1.66. The molecule has 2 heterocycles. The highest BCUT2D eigenvalue weighted by atomic mass is 28.4. The van der Waals surface area contributed by atoms with E-state index in [1.54, 1.807) is 0 Å². The molecule has 0 N–H and O–H groups in total. The number of ether oxygens (including phenoxy) is 3. The van der Waals surface area contributed by atoms with Gasteiger partial charge < -0.3 is 18.6 Å². The summed E-state index contributed by atoms with van der Waals surface area (Å²) in [4.78, 5) is 0. The Bertz CT molecular complexity index is 594. The molecule has 0 aromatic heterocycles. The zero-order valence-electron chi connectivity index (χ0n) is 17.7. The topological polar surface area (TPSA) is 40.2 Å². The second kappa shape index (κ2) is 8.33. The fraction of sp³-hybridized carbons (Fsp3) is 0.727. The molecule has 0 aliphatic carbocycles. The van der Waals surface area contributed by atoms with Gasteiger partial charge in [0.25, 0.3) is 0 Å². The summed E-state index contributed by atoms with van der Waals surface area (Å²) in [5.41, 5.74) is 1.19. The highest BCUT2D eigenvalue weighted by Gasteiger charge is 2.46. The first-order valence-corrected chi connectivity index (χ1v) is 13.2. The van der Waals surface area contributed by atoms with Gasteiger partial charge in [-0.05, 0) is 30.6 Å². The van der Waals surface area contributed by atoms with Gasteiger partial charge >= 0.3 is 0 Å². The SMILES string of the molecule is C[C@H]1O[C@@H](C[C@@H]2CO2)[C@H](O[Si](C)(C)C(C)(C)C)C[C@@H]1OCc1ccccc1. The molecular formula is C22H36O4Si. The number of hydrogen-bond donors (Lipinski definition) is 0. The molecule has 2 aliphatic heterocycles. The quantitative estimate of drug-likeness (QED) is 0.487. The zero-order valence-corrected chi connectivity index (χ0v) is 18.7. The molecule has 4 nitrogen and oxygen atoms in total. The second-order valence-corrected chi connectivity index (χ2v) is 14.3. The Kier molecular flexibility index (Phi) is 6.48. The molecule has 2 saturated heterocycles. The number of rotatable bonds is 7. The first-order valence-electron chi connectivity index (χ1n) is 10.3. The molecule has 0 radical (unpaired) electrons. The van der Waals surface area contributed by atoms with E-state index < -0.39 is 8.32 Å². The van der Waals surface area contributed by atoms with Crippen LogP contribution in [0.2, 0.25) is 18.1 Å². The molecule has 0 unspecified atom stereocenters. The van der Waals surface area contributed by atoms with Crippen LogP contribution in [-0.2, 0) is 25.2 Å². The fourth-order valence-corrected chi connectivity index (χ4v) is 4.71. The maximum absolute atomic E-state index is 6.79. The van der Waals surface area contributed by atoms with Crippen molar-refractivity contribution in [3.05, 3.63) is 35.9 Å². The van der Waals surface area contributed by atoms with Gasteiger partial charge in [0.05, 0.1) is 43.7 Å². The molecule has 5 atom stereocenters. The Morgan fingerprint density at radius 3 is 2.37 bits per heavy atom. The zero-order chi connectivity index (χ0) is 19.7. The summed E-state index contributed by atoms with van der Waals surface area (Å²) in [5, 5.41) is 0.178. The van der Waals surface area contributed by atoms with E-state index >= 15 is 0 Å². The minimum absolute atomic E-state index is 0.0522.